The van der Waals surface area contributed by atoms with Crippen LogP contribution in [0.15, 0.2) is 77.6 Å². The van der Waals surface area contributed by atoms with Gasteiger partial charge in [0.25, 0.3) is 5.56 Å². The fourth-order valence-corrected chi connectivity index (χ4v) is 3.34. The van der Waals surface area contributed by atoms with E-state index in [1.807, 2.05) is 66.7 Å². The summed E-state index contributed by atoms with van der Waals surface area (Å²) < 4.78 is 1.45. The lowest BCUT2D eigenvalue weighted by molar-refractivity contribution is 0.102. The summed E-state index contributed by atoms with van der Waals surface area (Å²) in [5.74, 6) is 0. The molecule has 0 spiro atoms. The van der Waals surface area contributed by atoms with E-state index in [-0.39, 0.29) is 5.56 Å². The SMILES string of the molecule is CCCCCCCCOn1c(-c2ccccc2)cc(-c2ccccc2)cc1=O. The Bertz CT molecular complexity index is 901. The van der Waals surface area contributed by atoms with Crippen LogP contribution in [-0.4, -0.2) is 11.3 Å². The van der Waals surface area contributed by atoms with Gasteiger partial charge in [0.15, 0.2) is 0 Å². The number of hydrogen-bond donors (Lipinski definition) is 0. The molecular formula is C25H29NO2. The lowest BCUT2D eigenvalue weighted by Gasteiger charge is -2.15. The van der Waals surface area contributed by atoms with Gasteiger partial charge in [0, 0.05) is 11.6 Å². The van der Waals surface area contributed by atoms with Crippen LogP contribution in [0.25, 0.3) is 22.4 Å². The third-order valence-electron chi connectivity index (χ3n) is 4.89. The van der Waals surface area contributed by atoms with Crippen molar-refractivity contribution >= 4 is 0 Å². The molecule has 0 saturated heterocycles. The molecule has 3 aromatic rings. The predicted octanol–water partition coefficient (Wildman–Crippen LogP) is 5.97. The molecule has 3 rings (SSSR count). The molecule has 0 N–H and O–H groups in total. The highest BCUT2D eigenvalue weighted by molar-refractivity contribution is 5.70. The van der Waals surface area contributed by atoms with E-state index in [4.69, 9.17) is 4.84 Å². The van der Waals surface area contributed by atoms with Gasteiger partial charge < -0.3 is 4.84 Å². The third-order valence-corrected chi connectivity index (χ3v) is 4.89. The van der Waals surface area contributed by atoms with Crippen molar-refractivity contribution in [1.29, 1.82) is 0 Å². The summed E-state index contributed by atoms with van der Waals surface area (Å²) in [7, 11) is 0. The molecule has 1 aromatic heterocycles. The van der Waals surface area contributed by atoms with E-state index >= 15 is 0 Å². The van der Waals surface area contributed by atoms with Crippen molar-refractivity contribution in [2.24, 2.45) is 0 Å². The molecule has 0 aliphatic carbocycles. The molecule has 1 heterocycles. The third kappa shape index (κ3) is 5.35. The van der Waals surface area contributed by atoms with Crippen LogP contribution in [0.2, 0.25) is 0 Å². The first kappa shape index (κ1) is 19.9. The molecule has 0 aliphatic heterocycles. The fraction of sp³-hybridized carbons (Fsp3) is 0.320. The van der Waals surface area contributed by atoms with Crippen LogP contribution in [0.1, 0.15) is 45.4 Å². The Balaban J connectivity index is 1.82. The maximum absolute atomic E-state index is 12.9. The lowest BCUT2D eigenvalue weighted by Crippen LogP contribution is -2.28. The number of hydrogen-bond acceptors (Lipinski definition) is 2. The quantitative estimate of drug-likeness (QED) is 0.409. The first-order valence-corrected chi connectivity index (χ1v) is 10.3. The van der Waals surface area contributed by atoms with Crippen LogP contribution in [0.3, 0.4) is 0 Å². The number of aromatic nitrogens is 1. The van der Waals surface area contributed by atoms with Crippen molar-refractivity contribution in [3.63, 3.8) is 0 Å². The van der Waals surface area contributed by atoms with Gasteiger partial charge in [0.2, 0.25) is 0 Å². The molecular weight excluding hydrogens is 346 g/mol. The van der Waals surface area contributed by atoms with Crippen LogP contribution in [-0.2, 0) is 0 Å². The maximum Gasteiger partial charge on any atom is 0.284 e. The number of rotatable bonds is 10. The number of nitrogens with zero attached hydrogens (tertiary/aromatic N) is 1. The van der Waals surface area contributed by atoms with Crippen molar-refractivity contribution in [2.45, 2.75) is 45.4 Å². The second-order valence-corrected chi connectivity index (χ2v) is 7.09. The molecule has 28 heavy (non-hydrogen) atoms. The van der Waals surface area contributed by atoms with E-state index in [1.54, 1.807) is 6.07 Å². The molecule has 0 amide bonds. The van der Waals surface area contributed by atoms with E-state index in [0.29, 0.717) is 6.61 Å². The van der Waals surface area contributed by atoms with Gasteiger partial charge in [-0.05, 0) is 30.0 Å². The summed E-state index contributed by atoms with van der Waals surface area (Å²) in [5.41, 5.74) is 3.56. The average molecular weight is 376 g/mol. The van der Waals surface area contributed by atoms with Crippen molar-refractivity contribution in [1.82, 2.24) is 4.73 Å². The van der Waals surface area contributed by atoms with Gasteiger partial charge in [-0.15, -0.1) is 4.73 Å². The Hall–Kier alpha value is -2.81. The van der Waals surface area contributed by atoms with E-state index in [2.05, 4.69) is 6.92 Å². The Kier molecular flexibility index (Phi) is 7.48. The number of benzene rings is 2. The molecule has 0 bridgehead atoms. The van der Waals surface area contributed by atoms with Gasteiger partial charge in [-0.3, -0.25) is 4.79 Å². The number of pyridine rings is 1. The van der Waals surface area contributed by atoms with Gasteiger partial charge >= 0.3 is 0 Å². The van der Waals surface area contributed by atoms with E-state index in [1.165, 1.54) is 30.4 Å². The lowest BCUT2D eigenvalue weighted by atomic mass is 10.0. The van der Waals surface area contributed by atoms with E-state index in [0.717, 1.165) is 35.2 Å². The van der Waals surface area contributed by atoms with Crippen molar-refractivity contribution in [2.75, 3.05) is 6.61 Å². The molecule has 0 saturated carbocycles. The minimum atomic E-state index is -0.133. The van der Waals surface area contributed by atoms with Crippen molar-refractivity contribution in [3.8, 4) is 22.4 Å². The molecule has 0 radical (unpaired) electrons. The molecule has 0 aliphatic rings. The molecule has 0 unspecified atom stereocenters. The molecule has 0 fully saturated rings. The average Bonchev–Trinajstić information content (AvgIpc) is 2.75. The molecule has 146 valence electrons. The summed E-state index contributed by atoms with van der Waals surface area (Å²) in [6.45, 7) is 2.77. The summed E-state index contributed by atoms with van der Waals surface area (Å²) in [4.78, 5) is 18.8. The van der Waals surface area contributed by atoms with Gasteiger partial charge in [0.1, 0.15) is 6.61 Å². The zero-order chi connectivity index (χ0) is 19.6. The number of unbranched alkanes of at least 4 members (excludes halogenated alkanes) is 5. The van der Waals surface area contributed by atoms with Gasteiger partial charge in [-0.2, -0.15) is 0 Å². The first-order chi connectivity index (χ1) is 13.8. The van der Waals surface area contributed by atoms with E-state index in [9.17, 15) is 4.79 Å². The van der Waals surface area contributed by atoms with Crippen LogP contribution >= 0.6 is 0 Å². The zero-order valence-electron chi connectivity index (χ0n) is 16.6. The standard InChI is InChI=1S/C25H29NO2/c1-2-3-4-5-6-13-18-28-26-24(22-16-11-8-12-17-22)19-23(20-25(26)27)21-14-9-7-10-15-21/h7-12,14-17,19-20H,2-6,13,18H2,1H3. The summed E-state index contributed by atoms with van der Waals surface area (Å²) >= 11 is 0. The summed E-state index contributed by atoms with van der Waals surface area (Å²) in [6, 6.07) is 23.6. The zero-order valence-corrected chi connectivity index (χ0v) is 16.6. The monoisotopic (exact) mass is 375 g/mol. The fourth-order valence-electron chi connectivity index (χ4n) is 3.34. The Morgan fingerprint density at radius 1 is 0.714 bits per heavy atom. The maximum atomic E-state index is 12.9. The smallest absolute Gasteiger partial charge is 0.284 e. The molecule has 3 nitrogen and oxygen atoms in total. The largest absolute Gasteiger partial charge is 0.410 e. The Labute approximate surface area is 167 Å². The van der Waals surface area contributed by atoms with Crippen molar-refractivity contribution < 1.29 is 4.84 Å². The predicted molar refractivity (Wildman–Crippen MR) is 116 cm³/mol. The molecule has 0 atom stereocenters. The van der Waals surface area contributed by atoms with Gasteiger partial charge in [-0.25, -0.2) is 0 Å². The van der Waals surface area contributed by atoms with Gasteiger partial charge in [-0.1, -0.05) is 93.3 Å². The summed E-state index contributed by atoms with van der Waals surface area (Å²) in [5, 5.41) is 0. The van der Waals surface area contributed by atoms with Crippen LogP contribution in [0, 0.1) is 0 Å². The highest BCUT2D eigenvalue weighted by atomic mass is 16.7. The minimum Gasteiger partial charge on any atom is -0.410 e. The summed E-state index contributed by atoms with van der Waals surface area (Å²) in [6.07, 6.45) is 7.14. The van der Waals surface area contributed by atoms with Crippen LogP contribution in [0.5, 0.6) is 0 Å². The van der Waals surface area contributed by atoms with Crippen LogP contribution in [0.4, 0.5) is 0 Å². The van der Waals surface area contributed by atoms with Crippen molar-refractivity contribution in [3.05, 3.63) is 83.2 Å². The topological polar surface area (TPSA) is 31.2 Å². The highest BCUT2D eigenvalue weighted by Crippen LogP contribution is 2.24. The molecule has 2 aromatic carbocycles. The van der Waals surface area contributed by atoms with Gasteiger partial charge in [0.05, 0.1) is 5.69 Å². The normalized spacial score (nSPS) is 10.8. The van der Waals surface area contributed by atoms with Crippen LogP contribution < -0.4 is 10.4 Å². The second kappa shape index (κ2) is 10.5. The molecule has 3 heteroatoms. The first-order valence-electron chi connectivity index (χ1n) is 10.3. The van der Waals surface area contributed by atoms with E-state index < -0.39 is 0 Å². The second-order valence-electron chi connectivity index (χ2n) is 7.09. The Morgan fingerprint density at radius 3 is 2.00 bits per heavy atom. The minimum absolute atomic E-state index is 0.133. The highest BCUT2D eigenvalue weighted by Gasteiger charge is 2.11. The Morgan fingerprint density at radius 2 is 1.32 bits per heavy atom.